The number of primary amides is 1. The maximum absolute atomic E-state index is 11.7. The van der Waals surface area contributed by atoms with E-state index in [1.54, 1.807) is 6.20 Å². The molecule has 0 spiro atoms. The van der Waals surface area contributed by atoms with Gasteiger partial charge < -0.3 is 11.1 Å². The minimum atomic E-state index is -0.424. The Balaban J connectivity index is 2.05. The van der Waals surface area contributed by atoms with Gasteiger partial charge in [-0.05, 0) is 24.3 Å². The quantitative estimate of drug-likeness (QED) is 0.863. The van der Waals surface area contributed by atoms with Crippen molar-refractivity contribution in [3.8, 4) is 0 Å². The molecule has 3 N–H and O–H groups in total. The van der Waals surface area contributed by atoms with Gasteiger partial charge in [-0.25, -0.2) is 0 Å². The molecule has 5 nitrogen and oxygen atoms in total. The number of nitrogens with zero attached hydrogens (tertiary/aromatic N) is 1. The average molecular weight is 275 g/mol. The summed E-state index contributed by atoms with van der Waals surface area (Å²) >= 11 is 1.19. The molecular weight excluding hydrogens is 262 g/mol. The molecule has 0 aliphatic rings. The Morgan fingerprint density at radius 2 is 2.05 bits per heavy atom. The van der Waals surface area contributed by atoms with Crippen LogP contribution in [-0.4, -0.2) is 28.3 Å². The van der Waals surface area contributed by atoms with Gasteiger partial charge in [0, 0.05) is 11.6 Å². The molecule has 1 heterocycles. The van der Waals surface area contributed by atoms with E-state index in [0.717, 1.165) is 16.6 Å². The SMILES string of the molecule is NC(=O)CSCC(=O)Nc1cccc2ncccc12. The van der Waals surface area contributed by atoms with Gasteiger partial charge in [-0.15, -0.1) is 11.8 Å². The zero-order chi connectivity index (χ0) is 13.7. The summed E-state index contributed by atoms with van der Waals surface area (Å²) in [6.07, 6.45) is 1.71. The number of nitrogens with one attached hydrogen (secondary N) is 1. The number of hydrogen-bond donors (Lipinski definition) is 2. The van der Waals surface area contributed by atoms with Crippen LogP contribution >= 0.6 is 11.8 Å². The molecule has 2 aromatic rings. The molecule has 0 saturated heterocycles. The number of benzene rings is 1. The van der Waals surface area contributed by atoms with Crippen LogP contribution in [0, 0.1) is 0 Å². The highest BCUT2D eigenvalue weighted by Crippen LogP contribution is 2.21. The van der Waals surface area contributed by atoms with Crippen molar-refractivity contribution in [3.05, 3.63) is 36.5 Å². The van der Waals surface area contributed by atoms with Crippen molar-refractivity contribution in [1.82, 2.24) is 4.98 Å². The maximum Gasteiger partial charge on any atom is 0.234 e. The summed E-state index contributed by atoms with van der Waals surface area (Å²) in [5.41, 5.74) is 6.55. The van der Waals surface area contributed by atoms with Gasteiger partial charge in [-0.3, -0.25) is 14.6 Å². The minimum Gasteiger partial charge on any atom is -0.369 e. The first kappa shape index (κ1) is 13.4. The molecule has 0 bridgehead atoms. The van der Waals surface area contributed by atoms with E-state index < -0.39 is 5.91 Å². The van der Waals surface area contributed by atoms with Gasteiger partial charge in [0.2, 0.25) is 11.8 Å². The van der Waals surface area contributed by atoms with E-state index in [4.69, 9.17) is 5.73 Å². The van der Waals surface area contributed by atoms with Crippen molar-refractivity contribution < 1.29 is 9.59 Å². The summed E-state index contributed by atoms with van der Waals surface area (Å²) in [5.74, 6) is -0.251. The Bertz CT molecular complexity index is 610. The zero-order valence-electron chi connectivity index (χ0n) is 10.1. The van der Waals surface area contributed by atoms with E-state index >= 15 is 0 Å². The first-order chi connectivity index (χ1) is 9.16. The topological polar surface area (TPSA) is 85.1 Å². The second-order valence-corrected chi connectivity index (χ2v) is 4.87. The Morgan fingerprint density at radius 3 is 2.84 bits per heavy atom. The number of fused-ring (bicyclic) bond motifs is 1. The normalized spacial score (nSPS) is 10.3. The predicted octanol–water partition coefficient (Wildman–Crippen LogP) is 1.39. The Morgan fingerprint density at radius 1 is 1.21 bits per heavy atom. The molecule has 0 aliphatic heterocycles. The summed E-state index contributed by atoms with van der Waals surface area (Å²) in [4.78, 5) is 26.5. The maximum atomic E-state index is 11.7. The van der Waals surface area contributed by atoms with Crippen LogP contribution in [0.15, 0.2) is 36.5 Å². The van der Waals surface area contributed by atoms with Crippen molar-refractivity contribution in [1.29, 1.82) is 0 Å². The third-order valence-corrected chi connectivity index (χ3v) is 3.35. The van der Waals surface area contributed by atoms with Crippen LogP contribution in [0.2, 0.25) is 0 Å². The lowest BCUT2D eigenvalue weighted by molar-refractivity contribution is -0.115. The number of anilines is 1. The van der Waals surface area contributed by atoms with Gasteiger partial charge in [0.15, 0.2) is 0 Å². The number of thioether (sulfide) groups is 1. The average Bonchev–Trinajstić information content (AvgIpc) is 2.39. The molecule has 0 radical (unpaired) electrons. The summed E-state index contributed by atoms with van der Waals surface area (Å²) in [6, 6.07) is 9.25. The molecule has 0 fully saturated rings. The molecule has 0 atom stereocenters. The molecule has 98 valence electrons. The fraction of sp³-hybridized carbons (Fsp3) is 0.154. The smallest absolute Gasteiger partial charge is 0.234 e. The van der Waals surface area contributed by atoms with Crippen LogP contribution in [0.4, 0.5) is 5.69 Å². The van der Waals surface area contributed by atoms with Crippen molar-refractivity contribution in [2.75, 3.05) is 16.8 Å². The highest BCUT2D eigenvalue weighted by Gasteiger charge is 2.06. The first-order valence-electron chi connectivity index (χ1n) is 5.66. The lowest BCUT2D eigenvalue weighted by Crippen LogP contribution is -2.18. The molecule has 1 aromatic heterocycles. The highest BCUT2D eigenvalue weighted by atomic mass is 32.2. The van der Waals surface area contributed by atoms with Gasteiger partial charge >= 0.3 is 0 Å². The van der Waals surface area contributed by atoms with Crippen molar-refractivity contribution in [3.63, 3.8) is 0 Å². The second-order valence-electron chi connectivity index (χ2n) is 3.88. The monoisotopic (exact) mass is 275 g/mol. The van der Waals surface area contributed by atoms with E-state index in [0.29, 0.717) is 0 Å². The zero-order valence-corrected chi connectivity index (χ0v) is 10.9. The third kappa shape index (κ3) is 3.69. The van der Waals surface area contributed by atoms with E-state index in [9.17, 15) is 9.59 Å². The van der Waals surface area contributed by atoms with Crippen molar-refractivity contribution >= 4 is 40.2 Å². The molecule has 0 aliphatic carbocycles. The van der Waals surface area contributed by atoms with Crippen molar-refractivity contribution in [2.45, 2.75) is 0 Å². The van der Waals surface area contributed by atoms with Crippen LogP contribution in [0.1, 0.15) is 0 Å². The van der Waals surface area contributed by atoms with Gasteiger partial charge in [0.05, 0.1) is 22.7 Å². The number of carbonyl (C=O) groups is 2. The fourth-order valence-corrected chi connectivity index (χ4v) is 2.20. The number of rotatable bonds is 5. The first-order valence-corrected chi connectivity index (χ1v) is 6.82. The van der Waals surface area contributed by atoms with Gasteiger partial charge in [0.1, 0.15) is 0 Å². The van der Waals surface area contributed by atoms with Gasteiger partial charge in [0.25, 0.3) is 0 Å². The van der Waals surface area contributed by atoms with Gasteiger partial charge in [-0.2, -0.15) is 0 Å². The standard InChI is InChI=1S/C13H13N3O2S/c14-12(17)7-19-8-13(18)16-11-5-1-4-10-9(11)3-2-6-15-10/h1-6H,7-8H2,(H2,14,17)(H,16,18). The number of hydrogen-bond acceptors (Lipinski definition) is 4. The molecule has 2 amide bonds. The van der Waals surface area contributed by atoms with Gasteiger partial charge in [-0.1, -0.05) is 6.07 Å². The molecule has 0 saturated carbocycles. The molecule has 2 rings (SSSR count). The number of nitrogens with two attached hydrogens (primary N) is 1. The van der Waals surface area contributed by atoms with Crippen LogP contribution in [0.25, 0.3) is 10.9 Å². The highest BCUT2D eigenvalue weighted by molar-refractivity contribution is 8.00. The summed E-state index contributed by atoms with van der Waals surface area (Å²) in [5, 5.41) is 3.69. The number of pyridine rings is 1. The fourth-order valence-electron chi connectivity index (χ4n) is 1.64. The lowest BCUT2D eigenvalue weighted by Gasteiger charge is -2.07. The predicted molar refractivity (Wildman–Crippen MR) is 76.9 cm³/mol. The van der Waals surface area contributed by atoms with E-state index in [1.807, 2.05) is 30.3 Å². The Kier molecular flexibility index (Phi) is 4.35. The molecular formula is C13H13N3O2S. The number of aromatic nitrogens is 1. The largest absolute Gasteiger partial charge is 0.369 e. The molecule has 1 aromatic carbocycles. The number of carbonyl (C=O) groups excluding carboxylic acids is 2. The van der Waals surface area contributed by atoms with E-state index in [-0.39, 0.29) is 17.4 Å². The van der Waals surface area contributed by atoms with Crippen molar-refractivity contribution in [2.24, 2.45) is 5.73 Å². The Hall–Kier alpha value is -2.08. The second kappa shape index (κ2) is 6.19. The number of amides is 2. The van der Waals surface area contributed by atoms with Crippen LogP contribution in [0.3, 0.4) is 0 Å². The van der Waals surface area contributed by atoms with Crippen LogP contribution < -0.4 is 11.1 Å². The van der Waals surface area contributed by atoms with Crippen LogP contribution in [0.5, 0.6) is 0 Å². The summed E-state index contributed by atoms with van der Waals surface area (Å²) < 4.78 is 0. The Labute approximate surface area is 114 Å². The molecule has 6 heteroatoms. The third-order valence-electron chi connectivity index (χ3n) is 2.40. The van der Waals surface area contributed by atoms with E-state index in [2.05, 4.69) is 10.3 Å². The molecule has 0 unspecified atom stereocenters. The minimum absolute atomic E-state index is 0.143. The van der Waals surface area contributed by atoms with E-state index in [1.165, 1.54) is 11.8 Å². The summed E-state index contributed by atoms with van der Waals surface area (Å²) in [6.45, 7) is 0. The summed E-state index contributed by atoms with van der Waals surface area (Å²) in [7, 11) is 0. The van der Waals surface area contributed by atoms with Crippen LogP contribution in [-0.2, 0) is 9.59 Å². The molecule has 19 heavy (non-hydrogen) atoms. The lowest BCUT2D eigenvalue weighted by atomic mass is 10.2.